The summed E-state index contributed by atoms with van der Waals surface area (Å²) in [5.41, 5.74) is 3.39. The van der Waals surface area contributed by atoms with Gasteiger partial charge in [-0.25, -0.2) is 0 Å². The lowest BCUT2D eigenvalue weighted by Crippen LogP contribution is -2.51. The average molecular weight is 457 g/mol. The molecule has 174 valence electrons. The topological polar surface area (TPSA) is 58.6 Å². The number of aryl methyl sites for hydroxylation is 1. The third-order valence-corrected chi connectivity index (χ3v) is 6.58. The normalized spacial score (nSPS) is 12.7. The standard InChI is InChI=1S/C26H36N2O3S/c1-6-20(4)27-26(30)24(7-2)28(16-21-12-10-14-23(15-21)31-5)25(29)18-32-17-22-13-9-8-11-19(22)3/h8-15,20,24H,6-7,16-18H2,1-5H3,(H,27,30)/t20-,24-/m1/s1. The molecular weight excluding hydrogens is 420 g/mol. The SMILES string of the molecule is CC[C@@H](C)NC(=O)[C@@H](CC)N(Cc1cccc(OC)c1)C(=O)CSCc1ccccc1C. The molecule has 0 saturated carbocycles. The molecule has 1 N–H and O–H groups in total. The molecule has 32 heavy (non-hydrogen) atoms. The van der Waals surface area contributed by atoms with Crippen LogP contribution in [0.25, 0.3) is 0 Å². The maximum Gasteiger partial charge on any atom is 0.243 e. The Bertz CT molecular complexity index is 887. The van der Waals surface area contributed by atoms with Gasteiger partial charge in [-0.05, 0) is 55.5 Å². The van der Waals surface area contributed by atoms with E-state index in [4.69, 9.17) is 4.74 Å². The predicted octanol–water partition coefficient (Wildman–Crippen LogP) is 4.96. The predicted molar refractivity (Wildman–Crippen MR) is 133 cm³/mol. The summed E-state index contributed by atoms with van der Waals surface area (Å²) in [6.45, 7) is 8.42. The summed E-state index contributed by atoms with van der Waals surface area (Å²) in [5.74, 6) is 1.70. The first-order valence-corrected chi connectivity index (χ1v) is 12.4. The van der Waals surface area contributed by atoms with E-state index in [1.54, 1.807) is 23.8 Å². The van der Waals surface area contributed by atoms with Crippen LogP contribution in [0.5, 0.6) is 5.75 Å². The van der Waals surface area contributed by atoms with Crippen molar-refractivity contribution >= 4 is 23.6 Å². The number of carbonyl (C=O) groups excluding carboxylic acids is 2. The molecule has 0 bridgehead atoms. The zero-order valence-electron chi connectivity index (χ0n) is 19.9. The largest absolute Gasteiger partial charge is 0.497 e. The highest BCUT2D eigenvalue weighted by Crippen LogP contribution is 2.20. The minimum absolute atomic E-state index is 0.0300. The molecule has 2 aromatic carbocycles. The van der Waals surface area contributed by atoms with Crippen molar-refractivity contribution < 1.29 is 14.3 Å². The van der Waals surface area contributed by atoms with Gasteiger partial charge in [-0.2, -0.15) is 0 Å². The molecule has 0 unspecified atom stereocenters. The summed E-state index contributed by atoms with van der Waals surface area (Å²) >= 11 is 1.59. The van der Waals surface area contributed by atoms with Crippen LogP contribution in [-0.2, 0) is 21.9 Å². The van der Waals surface area contributed by atoms with Gasteiger partial charge < -0.3 is 15.0 Å². The molecule has 0 aliphatic carbocycles. The van der Waals surface area contributed by atoms with Gasteiger partial charge in [-0.1, -0.05) is 50.2 Å². The second kappa shape index (κ2) is 13.2. The average Bonchev–Trinajstić information content (AvgIpc) is 2.80. The molecule has 0 saturated heterocycles. The third-order valence-electron chi connectivity index (χ3n) is 5.62. The Morgan fingerprint density at radius 1 is 1.09 bits per heavy atom. The maximum atomic E-state index is 13.3. The highest BCUT2D eigenvalue weighted by atomic mass is 32.2. The molecule has 0 aliphatic rings. The van der Waals surface area contributed by atoms with Crippen molar-refractivity contribution in [3.8, 4) is 5.75 Å². The molecule has 0 aromatic heterocycles. The van der Waals surface area contributed by atoms with E-state index in [2.05, 4.69) is 24.4 Å². The van der Waals surface area contributed by atoms with E-state index in [-0.39, 0.29) is 17.9 Å². The lowest BCUT2D eigenvalue weighted by Gasteiger charge is -2.31. The molecule has 0 heterocycles. The van der Waals surface area contributed by atoms with Crippen LogP contribution in [0.1, 0.15) is 50.3 Å². The first kappa shape index (κ1) is 25.8. The number of benzene rings is 2. The second-order valence-electron chi connectivity index (χ2n) is 8.03. The van der Waals surface area contributed by atoms with Crippen LogP contribution in [0.15, 0.2) is 48.5 Å². The summed E-state index contributed by atoms with van der Waals surface area (Å²) in [7, 11) is 1.62. The number of hydrogen-bond acceptors (Lipinski definition) is 4. The van der Waals surface area contributed by atoms with Gasteiger partial charge in [0.1, 0.15) is 11.8 Å². The van der Waals surface area contributed by atoms with Gasteiger partial charge >= 0.3 is 0 Å². The summed E-state index contributed by atoms with van der Waals surface area (Å²) in [4.78, 5) is 28.1. The van der Waals surface area contributed by atoms with Gasteiger partial charge in [-0.15, -0.1) is 11.8 Å². The Kier molecular flexibility index (Phi) is 10.6. The number of nitrogens with zero attached hydrogens (tertiary/aromatic N) is 1. The van der Waals surface area contributed by atoms with E-state index in [0.717, 1.165) is 23.5 Å². The number of ether oxygens (including phenoxy) is 1. The fourth-order valence-electron chi connectivity index (χ4n) is 3.43. The first-order chi connectivity index (χ1) is 15.4. The van der Waals surface area contributed by atoms with Crippen molar-refractivity contribution in [2.45, 2.75) is 64.9 Å². The van der Waals surface area contributed by atoms with Crippen molar-refractivity contribution in [1.82, 2.24) is 10.2 Å². The van der Waals surface area contributed by atoms with Crippen LogP contribution in [0.2, 0.25) is 0 Å². The number of methoxy groups -OCH3 is 1. The van der Waals surface area contributed by atoms with E-state index in [1.165, 1.54) is 11.1 Å². The number of amides is 2. The summed E-state index contributed by atoms with van der Waals surface area (Å²) in [6, 6.07) is 15.4. The van der Waals surface area contributed by atoms with E-state index in [1.807, 2.05) is 57.2 Å². The summed E-state index contributed by atoms with van der Waals surface area (Å²) < 4.78 is 5.34. The molecule has 6 heteroatoms. The molecule has 0 fully saturated rings. The number of carbonyl (C=O) groups is 2. The Balaban J connectivity index is 2.17. The summed E-state index contributed by atoms with van der Waals surface area (Å²) in [5, 5.41) is 3.05. The third kappa shape index (κ3) is 7.59. The van der Waals surface area contributed by atoms with Crippen LogP contribution in [0.4, 0.5) is 0 Å². The number of thioether (sulfide) groups is 1. The van der Waals surface area contributed by atoms with Crippen molar-refractivity contribution in [3.63, 3.8) is 0 Å². The van der Waals surface area contributed by atoms with Gasteiger partial charge in [0.2, 0.25) is 11.8 Å². The minimum Gasteiger partial charge on any atom is -0.497 e. The van der Waals surface area contributed by atoms with E-state index in [0.29, 0.717) is 18.7 Å². The Morgan fingerprint density at radius 3 is 2.50 bits per heavy atom. The van der Waals surface area contributed by atoms with Crippen LogP contribution in [-0.4, -0.2) is 41.7 Å². The number of nitrogens with one attached hydrogen (secondary N) is 1. The Labute approximate surface area is 196 Å². The molecule has 2 atom stereocenters. The fraction of sp³-hybridized carbons (Fsp3) is 0.462. The van der Waals surface area contributed by atoms with Crippen molar-refractivity contribution in [1.29, 1.82) is 0 Å². The quantitative estimate of drug-likeness (QED) is 0.490. The van der Waals surface area contributed by atoms with Crippen LogP contribution in [0, 0.1) is 6.92 Å². The van der Waals surface area contributed by atoms with Crippen LogP contribution >= 0.6 is 11.8 Å². The van der Waals surface area contributed by atoms with Gasteiger partial charge in [0.15, 0.2) is 0 Å². The molecular formula is C26H36N2O3S. The Hall–Kier alpha value is -2.47. The van der Waals surface area contributed by atoms with Crippen LogP contribution in [0.3, 0.4) is 0 Å². The van der Waals surface area contributed by atoms with Gasteiger partial charge in [0, 0.05) is 18.3 Å². The maximum absolute atomic E-state index is 13.3. The van der Waals surface area contributed by atoms with Gasteiger partial charge in [-0.3, -0.25) is 9.59 Å². The lowest BCUT2D eigenvalue weighted by molar-refractivity contribution is -0.139. The van der Waals surface area contributed by atoms with Crippen LogP contribution < -0.4 is 10.1 Å². The minimum atomic E-state index is -0.512. The molecule has 5 nitrogen and oxygen atoms in total. The smallest absolute Gasteiger partial charge is 0.243 e. The van der Waals surface area contributed by atoms with E-state index < -0.39 is 6.04 Å². The fourth-order valence-corrected chi connectivity index (χ4v) is 4.42. The molecule has 2 aromatic rings. The molecule has 0 aliphatic heterocycles. The molecule has 0 radical (unpaired) electrons. The Morgan fingerprint density at radius 2 is 1.84 bits per heavy atom. The molecule has 0 spiro atoms. The molecule has 2 amide bonds. The second-order valence-corrected chi connectivity index (χ2v) is 9.02. The number of rotatable bonds is 12. The van der Waals surface area contributed by atoms with Crippen molar-refractivity contribution in [2.24, 2.45) is 0 Å². The highest BCUT2D eigenvalue weighted by Gasteiger charge is 2.29. The zero-order valence-corrected chi connectivity index (χ0v) is 20.7. The van der Waals surface area contributed by atoms with E-state index >= 15 is 0 Å². The van der Waals surface area contributed by atoms with E-state index in [9.17, 15) is 9.59 Å². The van der Waals surface area contributed by atoms with Crippen molar-refractivity contribution in [2.75, 3.05) is 12.9 Å². The first-order valence-electron chi connectivity index (χ1n) is 11.2. The van der Waals surface area contributed by atoms with Gasteiger partial charge in [0.05, 0.1) is 12.9 Å². The lowest BCUT2D eigenvalue weighted by atomic mass is 10.1. The zero-order chi connectivity index (χ0) is 23.5. The highest BCUT2D eigenvalue weighted by molar-refractivity contribution is 7.99. The number of hydrogen-bond donors (Lipinski definition) is 1. The monoisotopic (exact) mass is 456 g/mol. The van der Waals surface area contributed by atoms with Gasteiger partial charge in [0.25, 0.3) is 0 Å². The summed E-state index contributed by atoms with van der Waals surface area (Å²) in [6.07, 6.45) is 1.40. The van der Waals surface area contributed by atoms with Crippen molar-refractivity contribution in [3.05, 3.63) is 65.2 Å². The molecule has 2 rings (SSSR count).